The number of carbonyl (C=O) groups is 1. The molecule has 0 heterocycles. The van der Waals surface area contributed by atoms with Gasteiger partial charge in [0.1, 0.15) is 24.7 Å². The third-order valence-electron chi connectivity index (χ3n) is 4.03. The lowest BCUT2D eigenvalue weighted by molar-refractivity contribution is -0.119. The predicted molar refractivity (Wildman–Crippen MR) is 108 cm³/mol. The summed E-state index contributed by atoms with van der Waals surface area (Å²) in [6.07, 6.45) is 0.929. The van der Waals surface area contributed by atoms with Crippen LogP contribution < -0.4 is 14.4 Å². The molecule has 2 rings (SSSR count). The molecule has 0 aliphatic rings. The highest BCUT2D eigenvalue weighted by Crippen LogP contribution is 2.25. The van der Waals surface area contributed by atoms with Crippen molar-refractivity contribution in [3.63, 3.8) is 0 Å². The zero-order valence-corrected chi connectivity index (χ0v) is 17.0. The molecule has 0 aliphatic heterocycles. The molecular weight excluding hydrogens is 383 g/mol. The van der Waals surface area contributed by atoms with Gasteiger partial charge in [-0.3, -0.25) is 9.10 Å². The number of ether oxygens (including phenoxy) is 1. The van der Waals surface area contributed by atoms with Crippen molar-refractivity contribution in [2.24, 2.45) is 0 Å². The van der Waals surface area contributed by atoms with E-state index in [1.807, 2.05) is 24.3 Å². The lowest BCUT2D eigenvalue weighted by Gasteiger charge is -2.22. The van der Waals surface area contributed by atoms with E-state index < -0.39 is 28.3 Å². The summed E-state index contributed by atoms with van der Waals surface area (Å²) in [6.45, 7) is 4.04. The molecule has 0 bridgehead atoms. The van der Waals surface area contributed by atoms with Gasteiger partial charge < -0.3 is 10.1 Å². The molecule has 1 amide bonds. The molecular formula is C20H25FN2O4S. The lowest BCUT2D eigenvalue weighted by Crippen LogP contribution is -2.41. The summed E-state index contributed by atoms with van der Waals surface area (Å²) in [6, 6.07) is 13.1. The Labute approximate surface area is 165 Å². The van der Waals surface area contributed by atoms with Crippen LogP contribution in [0.25, 0.3) is 0 Å². The largest absolute Gasteiger partial charge is 0.491 e. The molecule has 2 aromatic rings. The average molecular weight is 408 g/mol. The molecule has 0 fully saturated rings. The lowest BCUT2D eigenvalue weighted by atomic mass is 10.0. The molecule has 0 unspecified atom stereocenters. The molecule has 0 spiro atoms. The molecule has 152 valence electrons. The van der Waals surface area contributed by atoms with Crippen LogP contribution in [0.5, 0.6) is 5.75 Å². The van der Waals surface area contributed by atoms with Gasteiger partial charge in [-0.15, -0.1) is 0 Å². The summed E-state index contributed by atoms with van der Waals surface area (Å²) < 4.78 is 44.4. The van der Waals surface area contributed by atoms with E-state index in [2.05, 4.69) is 19.2 Å². The summed E-state index contributed by atoms with van der Waals surface area (Å²) in [5.74, 6) is -0.213. The fraction of sp³-hybridized carbons (Fsp3) is 0.350. The predicted octanol–water partition coefficient (Wildman–Crippen LogP) is 2.91. The van der Waals surface area contributed by atoms with Crippen molar-refractivity contribution in [1.82, 2.24) is 5.32 Å². The van der Waals surface area contributed by atoms with E-state index in [4.69, 9.17) is 4.74 Å². The van der Waals surface area contributed by atoms with Gasteiger partial charge in [0.25, 0.3) is 0 Å². The summed E-state index contributed by atoms with van der Waals surface area (Å²) in [5, 5.41) is 2.60. The van der Waals surface area contributed by atoms with Gasteiger partial charge >= 0.3 is 0 Å². The zero-order valence-electron chi connectivity index (χ0n) is 16.2. The van der Waals surface area contributed by atoms with E-state index in [9.17, 15) is 17.6 Å². The number of hydrogen-bond acceptors (Lipinski definition) is 4. The van der Waals surface area contributed by atoms with Crippen molar-refractivity contribution in [2.45, 2.75) is 19.8 Å². The number of nitrogens with one attached hydrogen (secondary N) is 1. The van der Waals surface area contributed by atoms with Gasteiger partial charge in [-0.05, 0) is 29.7 Å². The second-order valence-electron chi connectivity index (χ2n) is 6.61. The molecule has 0 saturated carbocycles. The molecule has 2 aromatic carbocycles. The number of nitrogens with zero attached hydrogens (tertiary/aromatic N) is 1. The number of sulfonamides is 1. The van der Waals surface area contributed by atoms with Gasteiger partial charge in [0.05, 0.1) is 18.5 Å². The van der Waals surface area contributed by atoms with Gasteiger partial charge in [-0.1, -0.05) is 44.2 Å². The number of carbonyl (C=O) groups excluding carboxylic acids is 1. The highest BCUT2D eigenvalue weighted by molar-refractivity contribution is 7.92. The van der Waals surface area contributed by atoms with Crippen LogP contribution in [0.4, 0.5) is 10.1 Å². The van der Waals surface area contributed by atoms with Crippen LogP contribution in [-0.2, 0) is 14.8 Å². The van der Waals surface area contributed by atoms with Crippen molar-refractivity contribution in [3.05, 3.63) is 59.9 Å². The van der Waals surface area contributed by atoms with E-state index in [0.717, 1.165) is 27.9 Å². The molecule has 28 heavy (non-hydrogen) atoms. The van der Waals surface area contributed by atoms with Crippen molar-refractivity contribution in [3.8, 4) is 5.75 Å². The maximum absolute atomic E-state index is 14.0. The summed E-state index contributed by atoms with van der Waals surface area (Å²) >= 11 is 0. The minimum atomic E-state index is -3.82. The molecule has 6 nitrogen and oxygen atoms in total. The fourth-order valence-corrected chi connectivity index (χ4v) is 3.52. The van der Waals surface area contributed by atoms with Crippen molar-refractivity contribution < 1.29 is 22.3 Å². The average Bonchev–Trinajstić information content (AvgIpc) is 2.63. The van der Waals surface area contributed by atoms with Crippen molar-refractivity contribution in [2.75, 3.05) is 30.3 Å². The van der Waals surface area contributed by atoms with Gasteiger partial charge in [0.2, 0.25) is 15.9 Å². The first-order chi connectivity index (χ1) is 13.2. The quantitative estimate of drug-likeness (QED) is 0.648. The Morgan fingerprint density at radius 1 is 1.14 bits per heavy atom. The molecule has 0 atom stereocenters. The molecule has 0 aromatic heterocycles. The van der Waals surface area contributed by atoms with E-state index in [1.165, 1.54) is 18.2 Å². The Kier molecular flexibility index (Phi) is 7.39. The first kappa shape index (κ1) is 21.7. The highest BCUT2D eigenvalue weighted by atomic mass is 32.2. The third-order valence-corrected chi connectivity index (χ3v) is 5.16. The monoisotopic (exact) mass is 408 g/mol. The van der Waals surface area contributed by atoms with E-state index in [0.29, 0.717) is 5.92 Å². The van der Waals surface area contributed by atoms with E-state index >= 15 is 0 Å². The number of amides is 1. The first-order valence-electron chi connectivity index (χ1n) is 8.91. The standard InChI is InChI=1S/C20H25FN2O4S/c1-15(2)16-8-4-7-11-19(16)27-13-12-22-20(24)14-23(28(3,25)26)18-10-6-5-9-17(18)21/h4-11,15H,12-14H2,1-3H3,(H,22,24). The maximum Gasteiger partial charge on any atom is 0.240 e. The van der Waals surface area contributed by atoms with E-state index in [-0.39, 0.29) is 18.8 Å². The Bertz CT molecular complexity index is 916. The zero-order chi connectivity index (χ0) is 20.7. The Hall–Kier alpha value is -2.61. The third kappa shape index (κ3) is 5.95. The van der Waals surface area contributed by atoms with Crippen LogP contribution in [0.15, 0.2) is 48.5 Å². The van der Waals surface area contributed by atoms with Gasteiger partial charge in [-0.2, -0.15) is 0 Å². The van der Waals surface area contributed by atoms with Crippen LogP contribution in [0.2, 0.25) is 0 Å². The molecule has 0 aliphatic carbocycles. The topological polar surface area (TPSA) is 75.7 Å². The second-order valence-corrected chi connectivity index (χ2v) is 8.52. The first-order valence-corrected chi connectivity index (χ1v) is 10.8. The van der Waals surface area contributed by atoms with Crippen LogP contribution in [-0.4, -0.2) is 40.3 Å². The van der Waals surface area contributed by atoms with Crippen molar-refractivity contribution in [1.29, 1.82) is 0 Å². The normalized spacial score (nSPS) is 11.3. The number of hydrogen-bond donors (Lipinski definition) is 1. The number of para-hydroxylation sites is 2. The smallest absolute Gasteiger partial charge is 0.240 e. The number of anilines is 1. The molecule has 0 saturated heterocycles. The second kappa shape index (κ2) is 9.54. The van der Waals surface area contributed by atoms with Crippen LogP contribution in [0, 0.1) is 5.82 Å². The van der Waals surface area contributed by atoms with Gasteiger partial charge in [0.15, 0.2) is 0 Å². The van der Waals surface area contributed by atoms with Crippen LogP contribution in [0.1, 0.15) is 25.3 Å². The van der Waals surface area contributed by atoms with Crippen molar-refractivity contribution >= 4 is 21.6 Å². The van der Waals surface area contributed by atoms with Crippen LogP contribution >= 0.6 is 0 Å². The number of halogens is 1. The summed E-state index contributed by atoms with van der Waals surface area (Å²) in [5.41, 5.74) is 0.902. The Morgan fingerprint density at radius 3 is 2.43 bits per heavy atom. The highest BCUT2D eigenvalue weighted by Gasteiger charge is 2.23. The Morgan fingerprint density at radius 2 is 1.79 bits per heavy atom. The maximum atomic E-state index is 14.0. The minimum Gasteiger partial charge on any atom is -0.491 e. The molecule has 1 N–H and O–H groups in total. The molecule has 0 radical (unpaired) electrons. The SMILES string of the molecule is CC(C)c1ccccc1OCCNC(=O)CN(c1ccccc1F)S(C)(=O)=O. The van der Waals surface area contributed by atoms with Gasteiger partial charge in [-0.25, -0.2) is 12.8 Å². The minimum absolute atomic E-state index is 0.165. The van der Waals surface area contributed by atoms with Gasteiger partial charge in [0, 0.05) is 0 Å². The molecule has 8 heteroatoms. The summed E-state index contributed by atoms with van der Waals surface area (Å²) in [4.78, 5) is 12.2. The van der Waals surface area contributed by atoms with E-state index in [1.54, 1.807) is 0 Å². The number of rotatable bonds is 9. The fourth-order valence-electron chi connectivity index (χ4n) is 2.66. The summed E-state index contributed by atoms with van der Waals surface area (Å²) in [7, 11) is -3.82. The number of benzene rings is 2. The van der Waals surface area contributed by atoms with Crippen LogP contribution in [0.3, 0.4) is 0 Å². The Balaban J connectivity index is 1.93.